The van der Waals surface area contributed by atoms with Crippen LogP contribution in [-0.2, 0) is 0 Å². The van der Waals surface area contributed by atoms with Gasteiger partial charge in [0.05, 0.1) is 5.39 Å². The predicted molar refractivity (Wildman–Crippen MR) is 78.9 cm³/mol. The number of aryl methyl sites for hydroxylation is 4. The van der Waals surface area contributed by atoms with Crippen LogP contribution in [0.5, 0.6) is 0 Å². The summed E-state index contributed by atoms with van der Waals surface area (Å²) in [5.41, 5.74) is 4.18. The van der Waals surface area contributed by atoms with Crippen molar-refractivity contribution in [3.05, 3.63) is 56.9 Å². The molecular formula is C17H16O2. The van der Waals surface area contributed by atoms with Crippen molar-refractivity contribution in [2.45, 2.75) is 27.7 Å². The quantitative estimate of drug-likeness (QED) is 0.562. The molecule has 3 aromatic rings. The Labute approximate surface area is 111 Å². The van der Waals surface area contributed by atoms with E-state index in [0.29, 0.717) is 16.7 Å². The molecule has 0 aliphatic heterocycles. The first-order chi connectivity index (χ1) is 8.97. The largest absolute Gasteiger partial charge is 0.460 e. The minimum Gasteiger partial charge on any atom is -0.460 e. The van der Waals surface area contributed by atoms with E-state index < -0.39 is 0 Å². The third-order valence-corrected chi connectivity index (χ3v) is 3.75. The summed E-state index contributed by atoms with van der Waals surface area (Å²) in [7, 11) is 0. The van der Waals surface area contributed by atoms with Crippen LogP contribution in [-0.4, -0.2) is 0 Å². The fraction of sp³-hybridized carbons (Fsp3) is 0.235. The Morgan fingerprint density at radius 2 is 1.47 bits per heavy atom. The van der Waals surface area contributed by atoms with Crippen LogP contribution in [0, 0.1) is 27.7 Å². The fourth-order valence-corrected chi connectivity index (χ4v) is 2.63. The normalized spacial score (nSPS) is 11.4. The van der Waals surface area contributed by atoms with Crippen molar-refractivity contribution in [1.82, 2.24) is 0 Å². The molecule has 0 spiro atoms. The van der Waals surface area contributed by atoms with E-state index in [9.17, 15) is 4.79 Å². The smallest absolute Gasteiger partial charge is 0.193 e. The number of benzene rings is 2. The van der Waals surface area contributed by atoms with Gasteiger partial charge in [0.15, 0.2) is 5.43 Å². The first-order valence-corrected chi connectivity index (χ1v) is 6.42. The molecule has 3 rings (SSSR count). The second-order valence-electron chi connectivity index (χ2n) is 5.28. The second kappa shape index (κ2) is 3.95. The third-order valence-electron chi connectivity index (χ3n) is 3.75. The summed E-state index contributed by atoms with van der Waals surface area (Å²) in [6.07, 6.45) is 0. The van der Waals surface area contributed by atoms with Gasteiger partial charge < -0.3 is 4.42 Å². The predicted octanol–water partition coefficient (Wildman–Crippen LogP) is 4.18. The average Bonchev–Trinajstić information content (AvgIpc) is 2.31. The summed E-state index contributed by atoms with van der Waals surface area (Å²) in [5.74, 6) is 0.655. The van der Waals surface area contributed by atoms with Gasteiger partial charge in [-0.15, -0.1) is 0 Å². The molecule has 0 aliphatic rings. The van der Waals surface area contributed by atoms with Crippen molar-refractivity contribution in [2.75, 3.05) is 0 Å². The van der Waals surface area contributed by atoms with Gasteiger partial charge in [-0.25, -0.2) is 0 Å². The highest BCUT2D eigenvalue weighted by Gasteiger charge is 2.11. The van der Waals surface area contributed by atoms with Gasteiger partial charge in [-0.2, -0.15) is 0 Å². The molecule has 0 amide bonds. The molecule has 19 heavy (non-hydrogen) atoms. The molecule has 0 saturated heterocycles. The molecule has 96 valence electrons. The molecule has 0 N–H and O–H groups in total. The zero-order chi connectivity index (χ0) is 13.7. The van der Waals surface area contributed by atoms with Crippen molar-refractivity contribution < 1.29 is 4.42 Å². The monoisotopic (exact) mass is 252 g/mol. The van der Waals surface area contributed by atoms with Crippen LogP contribution in [0.2, 0.25) is 0 Å². The number of hydrogen-bond acceptors (Lipinski definition) is 2. The van der Waals surface area contributed by atoms with Crippen LogP contribution in [0.4, 0.5) is 0 Å². The van der Waals surface area contributed by atoms with E-state index in [1.54, 1.807) is 6.07 Å². The van der Waals surface area contributed by atoms with Gasteiger partial charge in [0.1, 0.15) is 11.3 Å². The van der Waals surface area contributed by atoms with Crippen LogP contribution in [0.15, 0.2) is 33.5 Å². The standard InChI is InChI=1S/C17H16O2/c1-9-5-13-6-11(3)16-15(18)8-12(4)19-17(16)14(13)7-10(9)2/h5-8H,1-4H3. The molecule has 0 aliphatic carbocycles. The van der Waals surface area contributed by atoms with Crippen molar-refractivity contribution in [1.29, 1.82) is 0 Å². The Balaban J connectivity index is 2.65. The molecule has 2 nitrogen and oxygen atoms in total. The van der Waals surface area contributed by atoms with Gasteiger partial charge in [-0.05, 0) is 55.8 Å². The van der Waals surface area contributed by atoms with E-state index in [2.05, 4.69) is 32.0 Å². The van der Waals surface area contributed by atoms with Crippen LogP contribution in [0.1, 0.15) is 22.5 Å². The molecule has 0 unspecified atom stereocenters. The summed E-state index contributed by atoms with van der Waals surface area (Å²) in [5, 5.41) is 2.84. The molecule has 0 atom stereocenters. The lowest BCUT2D eigenvalue weighted by Crippen LogP contribution is -2.03. The molecule has 0 bridgehead atoms. The minimum absolute atomic E-state index is 0.0383. The summed E-state index contributed by atoms with van der Waals surface area (Å²) in [4.78, 5) is 12.2. The first-order valence-electron chi connectivity index (χ1n) is 6.42. The van der Waals surface area contributed by atoms with Gasteiger partial charge in [0.25, 0.3) is 0 Å². The molecule has 0 saturated carbocycles. The highest BCUT2D eigenvalue weighted by molar-refractivity contribution is 6.06. The number of rotatable bonds is 0. The molecule has 2 aromatic carbocycles. The molecule has 0 radical (unpaired) electrons. The van der Waals surface area contributed by atoms with E-state index in [4.69, 9.17) is 4.42 Å². The molecule has 1 heterocycles. The van der Waals surface area contributed by atoms with Gasteiger partial charge in [-0.3, -0.25) is 4.79 Å². The average molecular weight is 252 g/mol. The van der Waals surface area contributed by atoms with Crippen molar-refractivity contribution in [3.63, 3.8) is 0 Å². The van der Waals surface area contributed by atoms with E-state index in [0.717, 1.165) is 16.3 Å². The van der Waals surface area contributed by atoms with Crippen molar-refractivity contribution >= 4 is 21.7 Å². The maximum atomic E-state index is 12.2. The molecule has 2 heteroatoms. The fourth-order valence-electron chi connectivity index (χ4n) is 2.63. The summed E-state index contributed by atoms with van der Waals surface area (Å²) >= 11 is 0. The van der Waals surface area contributed by atoms with Gasteiger partial charge in [0.2, 0.25) is 0 Å². The maximum Gasteiger partial charge on any atom is 0.193 e. The van der Waals surface area contributed by atoms with Gasteiger partial charge in [0, 0.05) is 11.5 Å². The molecule has 0 fully saturated rings. The zero-order valence-electron chi connectivity index (χ0n) is 11.6. The third kappa shape index (κ3) is 1.75. The summed E-state index contributed by atoms with van der Waals surface area (Å²) in [6, 6.07) is 7.88. The lowest BCUT2D eigenvalue weighted by atomic mass is 9.98. The number of fused-ring (bicyclic) bond motifs is 3. The van der Waals surface area contributed by atoms with Crippen LogP contribution in [0.3, 0.4) is 0 Å². The van der Waals surface area contributed by atoms with Crippen molar-refractivity contribution in [3.8, 4) is 0 Å². The Hall–Kier alpha value is -2.09. The van der Waals surface area contributed by atoms with Crippen LogP contribution in [0.25, 0.3) is 21.7 Å². The van der Waals surface area contributed by atoms with Crippen molar-refractivity contribution in [2.24, 2.45) is 0 Å². The van der Waals surface area contributed by atoms with Gasteiger partial charge >= 0.3 is 0 Å². The van der Waals surface area contributed by atoms with E-state index in [-0.39, 0.29) is 5.43 Å². The lowest BCUT2D eigenvalue weighted by molar-refractivity contribution is 0.567. The molecule has 1 aromatic heterocycles. The Bertz CT molecular complexity index is 870. The first kappa shape index (κ1) is 12.0. The highest BCUT2D eigenvalue weighted by atomic mass is 16.3. The molecular weight excluding hydrogens is 236 g/mol. The number of hydrogen-bond donors (Lipinski definition) is 0. The van der Waals surface area contributed by atoms with Gasteiger partial charge in [-0.1, -0.05) is 12.1 Å². The van der Waals surface area contributed by atoms with E-state index >= 15 is 0 Å². The summed E-state index contributed by atoms with van der Waals surface area (Å²) in [6.45, 7) is 7.95. The highest BCUT2D eigenvalue weighted by Crippen LogP contribution is 2.29. The topological polar surface area (TPSA) is 30.2 Å². The van der Waals surface area contributed by atoms with E-state index in [1.165, 1.54) is 11.1 Å². The lowest BCUT2D eigenvalue weighted by Gasteiger charge is -2.09. The van der Waals surface area contributed by atoms with Crippen LogP contribution >= 0.6 is 0 Å². The Kier molecular flexibility index (Phi) is 2.49. The Morgan fingerprint density at radius 3 is 2.21 bits per heavy atom. The SMILES string of the molecule is Cc1cc(=O)c2c(C)cc3cc(C)c(C)cc3c2o1. The maximum absolute atomic E-state index is 12.2. The second-order valence-corrected chi connectivity index (χ2v) is 5.28. The minimum atomic E-state index is 0.0383. The van der Waals surface area contributed by atoms with Crippen LogP contribution < -0.4 is 5.43 Å². The zero-order valence-corrected chi connectivity index (χ0v) is 11.6. The Morgan fingerprint density at radius 1 is 0.842 bits per heavy atom. The summed E-state index contributed by atoms with van der Waals surface area (Å²) < 4.78 is 5.83. The van der Waals surface area contributed by atoms with E-state index in [1.807, 2.05) is 13.8 Å².